The molecule has 0 bridgehead atoms. The van der Waals surface area contributed by atoms with Crippen molar-refractivity contribution in [3.63, 3.8) is 0 Å². The lowest BCUT2D eigenvalue weighted by atomic mass is 9.85. The zero-order chi connectivity index (χ0) is 29.7. The summed E-state index contributed by atoms with van der Waals surface area (Å²) in [6, 6.07) is 3.35. The van der Waals surface area contributed by atoms with Crippen LogP contribution in [-0.2, 0) is 44.5 Å². The molecule has 7 nitrogen and oxygen atoms in total. The SMILES string of the molecule is CC(C)OP(=O)(OC(C)C)C(Cc1cc(C(C)(C)CF)nc(C(C)(C)CF)c1)P(=O)(OC(C)C)OC(C)C. The molecule has 0 radical (unpaired) electrons. The van der Waals surface area contributed by atoms with Crippen molar-refractivity contribution in [3.05, 3.63) is 29.1 Å². The minimum absolute atomic E-state index is 0.110. The molecule has 0 N–H and O–H groups in total. The summed E-state index contributed by atoms with van der Waals surface area (Å²) in [5.41, 5.74) is -0.599. The number of nitrogens with zero attached hydrogens (tertiary/aromatic N) is 1. The van der Waals surface area contributed by atoms with E-state index in [1.165, 1.54) is 0 Å². The molecule has 0 saturated carbocycles. The van der Waals surface area contributed by atoms with Crippen molar-refractivity contribution in [3.8, 4) is 0 Å². The molecular weight excluding hydrogens is 534 g/mol. The molecule has 1 aromatic heterocycles. The molecular formula is C27H49F2NO6P2. The Kier molecular flexibility index (Phi) is 12.8. The first-order chi connectivity index (χ1) is 17.2. The largest absolute Gasteiger partial charge is 0.346 e. The normalized spacial score (nSPS) is 14.1. The third kappa shape index (κ3) is 9.74. The van der Waals surface area contributed by atoms with Crippen molar-refractivity contribution in [2.45, 2.75) is 130 Å². The van der Waals surface area contributed by atoms with E-state index in [1.54, 1.807) is 95.2 Å². The van der Waals surface area contributed by atoms with Gasteiger partial charge in [-0.25, -0.2) is 0 Å². The first kappa shape index (κ1) is 35.3. The van der Waals surface area contributed by atoms with Gasteiger partial charge in [0.15, 0.2) is 5.40 Å². The highest BCUT2D eigenvalue weighted by Gasteiger charge is 2.53. The van der Waals surface area contributed by atoms with Gasteiger partial charge in [0.2, 0.25) is 0 Å². The summed E-state index contributed by atoms with van der Waals surface area (Å²) >= 11 is 0. The Bertz CT molecular complexity index is 898. The van der Waals surface area contributed by atoms with Gasteiger partial charge in [-0.2, -0.15) is 0 Å². The van der Waals surface area contributed by atoms with E-state index in [1.807, 2.05) is 0 Å². The van der Waals surface area contributed by atoms with Gasteiger partial charge in [-0.1, -0.05) is 27.7 Å². The van der Waals surface area contributed by atoms with Gasteiger partial charge in [-0.05, 0) is 79.5 Å². The predicted octanol–water partition coefficient (Wildman–Crippen LogP) is 8.53. The second kappa shape index (κ2) is 13.8. The summed E-state index contributed by atoms with van der Waals surface area (Å²) in [6.45, 7) is 19.1. The fourth-order valence-corrected chi connectivity index (χ4v) is 9.57. The average molecular weight is 584 g/mol. The smallest absolute Gasteiger partial charge is 0.305 e. The highest BCUT2D eigenvalue weighted by atomic mass is 31.2. The van der Waals surface area contributed by atoms with Crippen LogP contribution in [0.2, 0.25) is 0 Å². The first-order valence-electron chi connectivity index (χ1n) is 13.3. The van der Waals surface area contributed by atoms with Gasteiger partial charge in [0.05, 0.1) is 24.4 Å². The molecule has 0 aliphatic carbocycles. The van der Waals surface area contributed by atoms with E-state index in [0.29, 0.717) is 17.0 Å². The van der Waals surface area contributed by atoms with Crippen LogP contribution in [0.5, 0.6) is 0 Å². The number of halogens is 2. The van der Waals surface area contributed by atoms with E-state index in [9.17, 15) is 17.9 Å². The third-order valence-electron chi connectivity index (χ3n) is 5.52. The molecule has 0 saturated heterocycles. The molecule has 1 rings (SSSR count). The molecule has 11 heteroatoms. The third-order valence-corrected chi connectivity index (χ3v) is 11.9. The maximum atomic E-state index is 14.5. The molecule has 1 heterocycles. The quantitative estimate of drug-likeness (QED) is 0.180. The van der Waals surface area contributed by atoms with Crippen LogP contribution in [0.4, 0.5) is 8.78 Å². The Morgan fingerprint density at radius 1 is 0.684 bits per heavy atom. The van der Waals surface area contributed by atoms with E-state index in [-0.39, 0.29) is 6.42 Å². The molecule has 0 aromatic carbocycles. The van der Waals surface area contributed by atoms with Gasteiger partial charge in [-0.15, -0.1) is 0 Å². The molecule has 0 aliphatic heterocycles. The Labute approximate surface area is 228 Å². The van der Waals surface area contributed by atoms with E-state index >= 15 is 0 Å². The lowest BCUT2D eigenvalue weighted by molar-refractivity contribution is 0.122. The van der Waals surface area contributed by atoms with Gasteiger partial charge in [-0.3, -0.25) is 22.9 Å². The first-order valence-corrected chi connectivity index (χ1v) is 16.5. The van der Waals surface area contributed by atoms with Crippen LogP contribution in [0.1, 0.15) is 100 Å². The molecule has 0 aliphatic rings. The fourth-order valence-electron chi connectivity index (χ4n) is 3.65. The molecule has 38 heavy (non-hydrogen) atoms. The number of hydrogen-bond donors (Lipinski definition) is 0. The minimum Gasteiger partial charge on any atom is -0.305 e. The highest BCUT2D eigenvalue weighted by molar-refractivity contribution is 7.72. The van der Waals surface area contributed by atoms with E-state index in [4.69, 9.17) is 18.1 Å². The minimum atomic E-state index is -4.15. The standard InChI is InChI=1S/C27H49F2NO6P2/c1-18(2)33-37(31,34-19(3)4)25(38(32,35-20(5)6)36-21(7)8)15-22-13-23(26(9,10)16-28)30-24(14-22)27(11,12)17-29/h13-14,18-21,25H,15-17H2,1-12H3. The number of hydrogen-bond acceptors (Lipinski definition) is 7. The fraction of sp³-hybridized carbons (Fsp3) is 0.815. The van der Waals surface area contributed by atoms with Crippen molar-refractivity contribution in [2.24, 2.45) is 0 Å². The van der Waals surface area contributed by atoms with Gasteiger partial charge in [0.1, 0.15) is 13.3 Å². The summed E-state index contributed by atoms with van der Waals surface area (Å²) in [5, 5.41) is -1.34. The summed E-state index contributed by atoms with van der Waals surface area (Å²) < 4.78 is 80.7. The van der Waals surface area contributed by atoms with Crippen LogP contribution in [0.15, 0.2) is 12.1 Å². The van der Waals surface area contributed by atoms with Gasteiger partial charge >= 0.3 is 15.2 Å². The molecule has 0 spiro atoms. The van der Waals surface area contributed by atoms with Gasteiger partial charge < -0.3 is 18.1 Å². The monoisotopic (exact) mass is 583 g/mol. The number of rotatable bonds is 16. The van der Waals surface area contributed by atoms with E-state index in [2.05, 4.69) is 4.98 Å². The highest BCUT2D eigenvalue weighted by Crippen LogP contribution is 2.72. The molecule has 0 amide bonds. The van der Waals surface area contributed by atoms with Crippen LogP contribution in [0, 0.1) is 0 Å². The van der Waals surface area contributed by atoms with E-state index in [0.717, 1.165) is 0 Å². The van der Waals surface area contributed by atoms with E-state index < -0.39 is 69.2 Å². The number of aromatic nitrogens is 1. The van der Waals surface area contributed by atoms with Crippen molar-refractivity contribution in [1.82, 2.24) is 4.98 Å². The predicted molar refractivity (Wildman–Crippen MR) is 150 cm³/mol. The van der Waals surface area contributed by atoms with Crippen molar-refractivity contribution < 1.29 is 36.0 Å². The average Bonchev–Trinajstić information content (AvgIpc) is 2.74. The van der Waals surface area contributed by atoms with Crippen LogP contribution < -0.4 is 0 Å². The van der Waals surface area contributed by atoms with Gasteiger partial charge in [0, 0.05) is 22.2 Å². The number of pyridine rings is 1. The maximum absolute atomic E-state index is 14.5. The summed E-state index contributed by atoms with van der Waals surface area (Å²) in [5.74, 6) is 0. The maximum Gasteiger partial charge on any atom is 0.346 e. The molecule has 0 atom stereocenters. The Hall–Kier alpha value is -0.690. The van der Waals surface area contributed by atoms with Crippen LogP contribution in [-0.4, -0.2) is 48.1 Å². The second-order valence-corrected chi connectivity index (χ2v) is 16.8. The molecule has 0 unspecified atom stereocenters. The molecule has 1 aromatic rings. The molecule has 222 valence electrons. The lowest BCUT2D eigenvalue weighted by Crippen LogP contribution is -2.28. The van der Waals surface area contributed by atoms with Crippen LogP contribution in [0.3, 0.4) is 0 Å². The lowest BCUT2D eigenvalue weighted by Gasteiger charge is -2.35. The number of alkyl halides is 2. The Morgan fingerprint density at radius 3 is 1.21 bits per heavy atom. The van der Waals surface area contributed by atoms with Crippen LogP contribution in [0.25, 0.3) is 0 Å². The Balaban J connectivity index is 3.99. The topological polar surface area (TPSA) is 84.0 Å². The van der Waals surface area contributed by atoms with Gasteiger partial charge in [0.25, 0.3) is 0 Å². The zero-order valence-electron chi connectivity index (χ0n) is 25.2. The second-order valence-electron chi connectivity index (χ2n) is 12.2. The van der Waals surface area contributed by atoms with Crippen molar-refractivity contribution >= 4 is 15.2 Å². The summed E-state index contributed by atoms with van der Waals surface area (Å²) in [6.07, 6.45) is -2.19. The summed E-state index contributed by atoms with van der Waals surface area (Å²) in [7, 11) is -8.30. The van der Waals surface area contributed by atoms with Crippen molar-refractivity contribution in [1.29, 1.82) is 0 Å². The Morgan fingerprint density at radius 2 is 0.974 bits per heavy atom. The molecule has 0 fully saturated rings. The van der Waals surface area contributed by atoms with Crippen molar-refractivity contribution in [2.75, 3.05) is 13.3 Å². The van der Waals surface area contributed by atoms with Crippen LogP contribution >= 0.6 is 15.2 Å². The zero-order valence-corrected chi connectivity index (χ0v) is 27.0. The summed E-state index contributed by atoms with van der Waals surface area (Å²) in [4.78, 5) is 4.60.